The summed E-state index contributed by atoms with van der Waals surface area (Å²) in [7, 11) is 0. The van der Waals surface area contributed by atoms with Crippen molar-refractivity contribution in [2.75, 3.05) is 5.32 Å². The Morgan fingerprint density at radius 1 is 0.968 bits per heavy atom. The third-order valence-electron chi connectivity index (χ3n) is 6.92. The lowest BCUT2D eigenvalue weighted by Crippen LogP contribution is -2.29. The van der Waals surface area contributed by atoms with Gasteiger partial charge in [0.1, 0.15) is 0 Å². The van der Waals surface area contributed by atoms with E-state index >= 15 is 0 Å². The summed E-state index contributed by atoms with van der Waals surface area (Å²) in [5.41, 5.74) is 11.6. The molecule has 166 valence electrons. The highest BCUT2D eigenvalue weighted by atomic mass is 16.2. The number of nitrogens with zero attached hydrogens (tertiary/aromatic N) is 3. The molecule has 7 heteroatoms. The molecule has 2 aromatic heterocycles. The van der Waals surface area contributed by atoms with E-state index in [0.29, 0.717) is 23.4 Å². The molecule has 0 atom stereocenters. The average Bonchev–Trinajstić information content (AvgIpc) is 3.14. The lowest BCUT2D eigenvalue weighted by Gasteiger charge is -2.33. The van der Waals surface area contributed by atoms with E-state index in [1.807, 2.05) is 13.8 Å². The number of nitrogens with one attached hydrogen (secondary N) is 2. The van der Waals surface area contributed by atoms with Crippen LogP contribution in [0.4, 0.5) is 5.82 Å². The SMILES string of the molecule is Cc1n[nH]c(C)c1-c1cnc(NC(=O)C(N)=C(C2CCCCC2)C2CCCCC2)cn1. The van der Waals surface area contributed by atoms with Gasteiger partial charge in [-0.3, -0.25) is 14.9 Å². The van der Waals surface area contributed by atoms with E-state index in [9.17, 15) is 4.79 Å². The van der Waals surface area contributed by atoms with Crippen LogP contribution in [0.5, 0.6) is 0 Å². The van der Waals surface area contributed by atoms with Gasteiger partial charge in [0.2, 0.25) is 0 Å². The molecule has 4 N–H and O–H groups in total. The second-order valence-corrected chi connectivity index (χ2v) is 9.09. The summed E-state index contributed by atoms with van der Waals surface area (Å²) in [5.74, 6) is 1.07. The molecule has 0 aromatic carbocycles. The molecule has 0 aliphatic heterocycles. The van der Waals surface area contributed by atoms with Crippen LogP contribution >= 0.6 is 0 Å². The van der Waals surface area contributed by atoms with Crippen LogP contribution in [0.15, 0.2) is 23.7 Å². The van der Waals surface area contributed by atoms with Crippen LogP contribution in [0.3, 0.4) is 0 Å². The van der Waals surface area contributed by atoms with Crippen LogP contribution in [-0.4, -0.2) is 26.1 Å². The highest BCUT2D eigenvalue weighted by Gasteiger charge is 2.30. The van der Waals surface area contributed by atoms with Crippen LogP contribution in [0.2, 0.25) is 0 Å². The maximum atomic E-state index is 13.1. The first-order valence-corrected chi connectivity index (χ1v) is 11.7. The Morgan fingerprint density at radius 3 is 2.06 bits per heavy atom. The van der Waals surface area contributed by atoms with Gasteiger partial charge >= 0.3 is 0 Å². The molecule has 2 aliphatic rings. The van der Waals surface area contributed by atoms with E-state index in [1.54, 1.807) is 12.4 Å². The quantitative estimate of drug-likeness (QED) is 0.600. The molecule has 2 aromatic rings. The number of carbonyl (C=O) groups excluding carboxylic acids is 1. The Balaban J connectivity index is 1.54. The number of allylic oxidation sites excluding steroid dienone is 1. The number of rotatable bonds is 5. The number of hydrogen-bond acceptors (Lipinski definition) is 5. The minimum atomic E-state index is -0.246. The summed E-state index contributed by atoms with van der Waals surface area (Å²) in [6, 6.07) is 0. The number of carbonyl (C=O) groups is 1. The van der Waals surface area contributed by atoms with Gasteiger partial charge in [-0.25, -0.2) is 4.98 Å². The summed E-state index contributed by atoms with van der Waals surface area (Å²) >= 11 is 0. The van der Waals surface area contributed by atoms with Crippen molar-refractivity contribution >= 4 is 11.7 Å². The number of amides is 1. The van der Waals surface area contributed by atoms with Gasteiger partial charge in [0.15, 0.2) is 5.82 Å². The van der Waals surface area contributed by atoms with E-state index in [1.165, 1.54) is 44.1 Å². The molecule has 2 saturated carbocycles. The third kappa shape index (κ3) is 4.81. The predicted octanol–water partition coefficient (Wildman–Crippen LogP) is 4.80. The maximum Gasteiger partial charge on any atom is 0.272 e. The summed E-state index contributed by atoms with van der Waals surface area (Å²) in [4.78, 5) is 22.0. The number of aromatic amines is 1. The van der Waals surface area contributed by atoms with Gasteiger partial charge in [-0.15, -0.1) is 0 Å². The van der Waals surface area contributed by atoms with Gasteiger partial charge in [-0.2, -0.15) is 5.10 Å². The zero-order valence-electron chi connectivity index (χ0n) is 18.7. The number of hydrogen-bond donors (Lipinski definition) is 3. The first-order chi connectivity index (χ1) is 15.0. The second kappa shape index (κ2) is 9.62. The van der Waals surface area contributed by atoms with Gasteiger partial charge in [0.25, 0.3) is 5.91 Å². The molecular weight excluding hydrogens is 388 g/mol. The monoisotopic (exact) mass is 422 g/mol. The number of aromatic nitrogens is 4. The predicted molar refractivity (Wildman–Crippen MR) is 122 cm³/mol. The Hall–Kier alpha value is -2.70. The Kier molecular flexibility index (Phi) is 6.68. The third-order valence-corrected chi connectivity index (χ3v) is 6.92. The second-order valence-electron chi connectivity index (χ2n) is 9.09. The fourth-order valence-electron chi connectivity index (χ4n) is 5.37. The van der Waals surface area contributed by atoms with E-state index in [-0.39, 0.29) is 5.91 Å². The fraction of sp³-hybridized carbons (Fsp3) is 0.583. The molecule has 0 spiro atoms. The fourth-order valence-corrected chi connectivity index (χ4v) is 5.37. The zero-order valence-corrected chi connectivity index (χ0v) is 18.7. The minimum absolute atomic E-state index is 0.246. The molecule has 1 amide bonds. The molecule has 2 heterocycles. The van der Waals surface area contributed by atoms with Crippen molar-refractivity contribution in [3.8, 4) is 11.3 Å². The van der Waals surface area contributed by atoms with E-state index in [0.717, 1.165) is 48.3 Å². The average molecular weight is 423 g/mol. The van der Waals surface area contributed by atoms with Crippen molar-refractivity contribution < 1.29 is 4.79 Å². The summed E-state index contributed by atoms with van der Waals surface area (Å²) < 4.78 is 0. The van der Waals surface area contributed by atoms with Crippen LogP contribution in [0.25, 0.3) is 11.3 Å². The van der Waals surface area contributed by atoms with Crippen molar-refractivity contribution in [3.05, 3.63) is 35.1 Å². The topological polar surface area (TPSA) is 110 Å². The van der Waals surface area contributed by atoms with Crippen LogP contribution in [0.1, 0.15) is 75.6 Å². The minimum Gasteiger partial charge on any atom is -0.394 e. The smallest absolute Gasteiger partial charge is 0.272 e. The normalized spacial score (nSPS) is 18.0. The molecule has 0 saturated heterocycles. The Labute approximate surface area is 184 Å². The zero-order chi connectivity index (χ0) is 21.8. The molecule has 2 aliphatic carbocycles. The van der Waals surface area contributed by atoms with E-state index in [2.05, 4.69) is 25.5 Å². The number of H-pyrrole nitrogens is 1. The maximum absolute atomic E-state index is 13.1. The van der Waals surface area contributed by atoms with Crippen LogP contribution in [0, 0.1) is 25.7 Å². The Bertz CT molecular complexity index is 894. The molecular formula is C24H34N6O. The lowest BCUT2D eigenvalue weighted by atomic mass is 9.73. The summed E-state index contributed by atoms with van der Waals surface area (Å²) in [6.07, 6.45) is 15.4. The van der Waals surface area contributed by atoms with Gasteiger partial charge in [-0.05, 0) is 56.9 Å². The molecule has 0 unspecified atom stereocenters. The van der Waals surface area contributed by atoms with Crippen LogP contribution in [-0.2, 0) is 4.79 Å². The van der Waals surface area contributed by atoms with Crippen molar-refractivity contribution in [1.29, 1.82) is 0 Å². The van der Waals surface area contributed by atoms with Crippen LogP contribution < -0.4 is 11.1 Å². The molecule has 2 fully saturated rings. The molecule has 7 nitrogen and oxygen atoms in total. The lowest BCUT2D eigenvalue weighted by molar-refractivity contribution is -0.113. The Morgan fingerprint density at radius 2 is 1.58 bits per heavy atom. The molecule has 4 rings (SSSR count). The highest BCUT2D eigenvalue weighted by molar-refractivity contribution is 6.03. The first kappa shape index (κ1) is 21.5. The standard InChI is InChI=1S/C24H34N6O/c1-15-21(16(2)30-29-15)19-13-27-20(14-26-19)28-24(31)23(25)22(17-9-5-3-6-10-17)18-11-7-4-8-12-18/h13-14,17-18H,3-12,25H2,1-2H3,(H,29,30)(H,27,28,31). The molecule has 31 heavy (non-hydrogen) atoms. The van der Waals surface area contributed by atoms with E-state index < -0.39 is 0 Å². The summed E-state index contributed by atoms with van der Waals surface area (Å²) in [6.45, 7) is 3.88. The van der Waals surface area contributed by atoms with Crippen molar-refractivity contribution in [1.82, 2.24) is 20.2 Å². The molecule has 0 bridgehead atoms. The van der Waals surface area contributed by atoms with Crippen molar-refractivity contribution in [3.63, 3.8) is 0 Å². The molecule has 0 radical (unpaired) electrons. The summed E-state index contributed by atoms with van der Waals surface area (Å²) in [5, 5.41) is 10.1. The van der Waals surface area contributed by atoms with Gasteiger partial charge in [0, 0.05) is 11.3 Å². The number of anilines is 1. The number of nitrogens with two attached hydrogens (primary N) is 1. The first-order valence-electron chi connectivity index (χ1n) is 11.7. The van der Waals surface area contributed by atoms with Crippen molar-refractivity contribution in [2.45, 2.75) is 78.1 Å². The van der Waals surface area contributed by atoms with Gasteiger partial charge in [-0.1, -0.05) is 38.5 Å². The van der Waals surface area contributed by atoms with Gasteiger partial charge in [0.05, 0.1) is 29.5 Å². The van der Waals surface area contributed by atoms with Gasteiger partial charge < -0.3 is 11.1 Å². The van der Waals surface area contributed by atoms with E-state index in [4.69, 9.17) is 5.73 Å². The highest BCUT2D eigenvalue weighted by Crippen LogP contribution is 2.40. The largest absolute Gasteiger partial charge is 0.394 e. The van der Waals surface area contributed by atoms with Crippen molar-refractivity contribution in [2.24, 2.45) is 17.6 Å². The number of aryl methyl sites for hydroxylation is 2.